The molecule has 2 atom stereocenters. The number of amides is 1. The minimum absolute atomic E-state index is 0.0594. The third kappa shape index (κ3) is 5.99. The fourth-order valence-corrected chi connectivity index (χ4v) is 4.26. The average Bonchev–Trinajstić information content (AvgIpc) is 2.79. The Morgan fingerprint density at radius 1 is 1.13 bits per heavy atom. The maximum absolute atomic E-state index is 14.4. The highest BCUT2D eigenvalue weighted by Gasteiger charge is 2.32. The van der Waals surface area contributed by atoms with Crippen LogP contribution in [0.25, 0.3) is 0 Å². The van der Waals surface area contributed by atoms with Gasteiger partial charge < -0.3 is 14.4 Å². The van der Waals surface area contributed by atoms with E-state index >= 15 is 0 Å². The van der Waals surface area contributed by atoms with Gasteiger partial charge in [0.1, 0.15) is 6.10 Å². The third-order valence-corrected chi connectivity index (χ3v) is 6.05. The van der Waals surface area contributed by atoms with E-state index in [2.05, 4.69) is 13.8 Å². The SMILES string of the molecule is CCCC(CCC)COc1cc(C2CCN([C@@H](C)c3ccccc3)C(=O)O2)ccc1F. The van der Waals surface area contributed by atoms with Gasteiger partial charge in [0.25, 0.3) is 0 Å². The van der Waals surface area contributed by atoms with Crippen LogP contribution in [-0.2, 0) is 4.74 Å². The van der Waals surface area contributed by atoms with Crippen LogP contribution in [0.2, 0.25) is 0 Å². The van der Waals surface area contributed by atoms with E-state index < -0.39 is 6.10 Å². The zero-order valence-electron chi connectivity index (χ0n) is 18.9. The van der Waals surface area contributed by atoms with Gasteiger partial charge in [0.15, 0.2) is 11.6 Å². The van der Waals surface area contributed by atoms with Gasteiger partial charge in [-0.3, -0.25) is 0 Å². The van der Waals surface area contributed by atoms with Crippen LogP contribution in [0.3, 0.4) is 0 Å². The van der Waals surface area contributed by atoms with Crippen molar-refractivity contribution in [1.82, 2.24) is 4.90 Å². The van der Waals surface area contributed by atoms with Crippen LogP contribution in [0.15, 0.2) is 48.5 Å². The zero-order chi connectivity index (χ0) is 22.2. The lowest BCUT2D eigenvalue weighted by Gasteiger charge is -2.36. The Balaban J connectivity index is 1.64. The van der Waals surface area contributed by atoms with Gasteiger partial charge in [-0.25, -0.2) is 9.18 Å². The predicted octanol–water partition coefficient (Wildman–Crippen LogP) is 7.07. The molecule has 31 heavy (non-hydrogen) atoms. The van der Waals surface area contributed by atoms with Crippen molar-refractivity contribution < 1.29 is 18.7 Å². The highest BCUT2D eigenvalue weighted by molar-refractivity contribution is 5.69. The summed E-state index contributed by atoms with van der Waals surface area (Å²) < 4.78 is 25.9. The Morgan fingerprint density at radius 3 is 2.48 bits per heavy atom. The summed E-state index contributed by atoms with van der Waals surface area (Å²) in [5, 5.41) is 0. The van der Waals surface area contributed by atoms with Crippen LogP contribution in [0.4, 0.5) is 9.18 Å². The van der Waals surface area contributed by atoms with E-state index in [0.717, 1.165) is 36.8 Å². The molecule has 0 aliphatic carbocycles. The fraction of sp³-hybridized carbons (Fsp3) is 0.500. The topological polar surface area (TPSA) is 38.8 Å². The molecule has 0 saturated carbocycles. The molecule has 1 aliphatic rings. The van der Waals surface area contributed by atoms with E-state index in [9.17, 15) is 9.18 Å². The van der Waals surface area contributed by atoms with E-state index in [1.54, 1.807) is 17.0 Å². The van der Waals surface area contributed by atoms with Crippen molar-refractivity contribution in [3.05, 3.63) is 65.5 Å². The summed E-state index contributed by atoms with van der Waals surface area (Å²) in [5.41, 5.74) is 1.85. The maximum Gasteiger partial charge on any atom is 0.410 e. The summed E-state index contributed by atoms with van der Waals surface area (Å²) in [7, 11) is 0. The lowest BCUT2D eigenvalue weighted by Crippen LogP contribution is -2.40. The van der Waals surface area contributed by atoms with Crippen molar-refractivity contribution in [3.8, 4) is 5.75 Å². The Kier molecular flexibility index (Phi) is 8.33. The molecule has 2 aromatic carbocycles. The third-order valence-electron chi connectivity index (χ3n) is 6.05. The molecule has 1 heterocycles. The van der Waals surface area contributed by atoms with Crippen LogP contribution in [0.1, 0.15) is 76.1 Å². The molecular formula is C26H34FNO3. The number of cyclic esters (lactones) is 1. The molecule has 5 heteroatoms. The van der Waals surface area contributed by atoms with Crippen LogP contribution in [-0.4, -0.2) is 24.1 Å². The lowest BCUT2D eigenvalue weighted by atomic mass is 9.99. The summed E-state index contributed by atoms with van der Waals surface area (Å²) in [5.74, 6) is 0.293. The number of nitrogens with zero attached hydrogens (tertiary/aromatic N) is 1. The smallest absolute Gasteiger partial charge is 0.410 e. The summed E-state index contributed by atoms with van der Waals surface area (Å²) in [6, 6.07) is 14.6. The molecule has 1 saturated heterocycles. The molecule has 3 rings (SSSR count). The predicted molar refractivity (Wildman–Crippen MR) is 121 cm³/mol. The molecular weight excluding hydrogens is 393 g/mol. The van der Waals surface area contributed by atoms with Crippen molar-refractivity contribution in [3.63, 3.8) is 0 Å². The minimum Gasteiger partial charge on any atom is -0.490 e. The van der Waals surface area contributed by atoms with Crippen LogP contribution >= 0.6 is 0 Å². The second kappa shape index (κ2) is 11.2. The van der Waals surface area contributed by atoms with Crippen molar-refractivity contribution in [2.45, 2.75) is 65.0 Å². The normalized spacial score (nSPS) is 17.5. The van der Waals surface area contributed by atoms with Crippen LogP contribution in [0, 0.1) is 11.7 Å². The quantitative estimate of drug-likeness (QED) is 0.407. The van der Waals surface area contributed by atoms with Gasteiger partial charge in [0.05, 0.1) is 12.6 Å². The zero-order valence-corrected chi connectivity index (χ0v) is 18.9. The van der Waals surface area contributed by atoms with E-state index in [-0.39, 0.29) is 23.7 Å². The summed E-state index contributed by atoms with van der Waals surface area (Å²) in [6.45, 7) is 7.41. The molecule has 1 unspecified atom stereocenters. The second-order valence-electron chi connectivity index (χ2n) is 8.39. The molecule has 168 valence electrons. The number of carbonyl (C=O) groups is 1. The van der Waals surface area contributed by atoms with Crippen molar-refractivity contribution in [1.29, 1.82) is 0 Å². The molecule has 1 aliphatic heterocycles. The number of hydrogen-bond donors (Lipinski definition) is 0. The summed E-state index contributed by atoms with van der Waals surface area (Å²) in [6.07, 6.45) is 4.25. The number of benzene rings is 2. The van der Waals surface area contributed by atoms with Gasteiger partial charge in [0.2, 0.25) is 0 Å². The molecule has 0 spiro atoms. The Labute approximate surface area is 185 Å². The first-order chi connectivity index (χ1) is 15.0. The van der Waals surface area contributed by atoms with Crippen molar-refractivity contribution in [2.24, 2.45) is 5.92 Å². The van der Waals surface area contributed by atoms with E-state index in [4.69, 9.17) is 9.47 Å². The number of hydrogen-bond acceptors (Lipinski definition) is 3. The van der Waals surface area contributed by atoms with Gasteiger partial charge in [-0.15, -0.1) is 0 Å². The minimum atomic E-state index is -0.392. The van der Waals surface area contributed by atoms with Gasteiger partial charge in [-0.05, 0) is 48.9 Å². The molecule has 1 amide bonds. The lowest BCUT2D eigenvalue weighted by molar-refractivity contribution is 0.0121. The molecule has 1 fully saturated rings. The van der Waals surface area contributed by atoms with Crippen molar-refractivity contribution >= 4 is 6.09 Å². The summed E-state index contributed by atoms with van der Waals surface area (Å²) in [4.78, 5) is 14.4. The number of ether oxygens (including phenoxy) is 2. The highest BCUT2D eigenvalue weighted by Crippen LogP contribution is 2.34. The second-order valence-corrected chi connectivity index (χ2v) is 8.39. The molecule has 0 N–H and O–H groups in total. The number of halogens is 1. The van der Waals surface area contributed by atoms with Crippen LogP contribution < -0.4 is 4.74 Å². The first-order valence-electron chi connectivity index (χ1n) is 11.5. The number of rotatable bonds is 10. The van der Waals surface area contributed by atoms with E-state index in [1.165, 1.54) is 6.07 Å². The largest absolute Gasteiger partial charge is 0.490 e. The molecule has 2 aromatic rings. The average molecular weight is 428 g/mol. The molecule has 0 bridgehead atoms. The Hall–Kier alpha value is -2.56. The fourth-order valence-electron chi connectivity index (χ4n) is 4.26. The van der Waals surface area contributed by atoms with Gasteiger partial charge >= 0.3 is 6.09 Å². The Bertz CT molecular complexity index is 836. The highest BCUT2D eigenvalue weighted by atomic mass is 19.1. The molecule has 4 nitrogen and oxygen atoms in total. The summed E-state index contributed by atoms with van der Waals surface area (Å²) >= 11 is 0. The first kappa shape index (κ1) is 23.1. The van der Waals surface area contributed by atoms with Crippen LogP contribution in [0.5, 0.6) is 5.75 Å². The van der Waals surface area contributed by atoms with Gasteiger partial charge in [-0.1, -0.05) is 63.1 Å². The number of carbonyl (C=O) groups excluding carboxylic acids is 1. The van der Waals surface area contributed by atoms with E-state index in [0.29, 0.717) is 25.5 Å². The molecule has 0 radical (unpaired) electrons. The standard InChI is InChI=1S/C26H34FNO3/c1-4-9-20(10-5-2)18-30-25-17-22(13-14-23(25)27)24-15-16-28(26(29)31-24)19(3)21-11-7-6-8-12-21/h6-8,11-14,17,19-20,24H,4-5,9-10,15-16,18H2,1-3H3/t19-,24?/m0/s1. The van der Waals surface area contributed by atoms with Crippen molar-refractivity contribution in [2.75, 3.05) is 13.2 Å². The van der Waals surface area contributed by atoms with Gasteiger partial charge in [-0.2, -0.15) is 0 Å². The van der Waals surface area contributed by atoms with Gasteiger partial charge in [0, 0.05) is 13.0 Å². The van der Waals surface area contributed by atoms with E-state index in [1.807, 2.05) is 37.3 Å². The Morgan fingerprint density at radius 2 is 1.84 bits per heavy atom. The molecule has 0 aromatic heterocycles. The first-order valence-corrected chi connectivity index (χ1v) is 11.5. The maximum atomic E-state index is 14.4. The monoisotopic (exact) mass is 427 g/mol.